The monoisotopic (exact) mass is 263 g/mol. The van der Waals surface area contributed by atoms with Crippen LogP contribution in [-0.4, -0.2) is 47.6 Å². The number of urea groups is 1. The van der Waals surface area contributed by atoms with E-state index in [0.717, 1.165) is 0 Å². The van der Waals surface area contributed by atoms with Crippen molar-refractivity contribution in [3.63, 3.8) is 0 Å². The third-order valence-corrected chi connectivity index (χ3v) is 2.53. The Balaban J connectivity index is 4.11. The van der Waals surface area contributed by atoms with Crippen LogP contribution < -0.4 is 16.4 Å². The molecule has 0 saturated carbocycles. The van der Waals surface area contributed by atoms with E-state index in [9.17, 15) is 14.4 Å². The third kappa shape index (κ3) is 8.38. The van der Waals surface area contributed by atoms with E-state index in [1.165, 1.54) is 11.8 Å². The van der Waals surface area contributed by atoms with E-state index < -0.39 is 23.9 Å². The minimum atomic E-state index is -0.992. The molecule has 0 aliphatic carbocycles. The topological polar surface area (TPSA) is 122 Å². The highest BCUT2D eigenvalue weighted by Gasteiger charge is 2.18. The standard InChI is InChI=1S/C9H17N3O4S/c1-17-5-3-6(12-9(10)16)8(15)11-4-2-7(13)14/h6H,2-5H2,1H3,(H,11,15)(H,13,14)(H3,10,12,16). The van der Waals surface area contributed by atoms with Crippen molar-refractivity contribution in [2.75, 3.05) is 18.6 Å². The number of carbonyl (C=O) groups excluding carboxylic acids is 2. The zero-order valence-electron chi connectivity index (χ0n) is 9.56. The first-order valence-corrected chi connectivity index (χ1v) is 6.41. The number of rotatable bonds is 8. The molecule has 1 unspecified atom stereocenters. The van der Waals surface area contributed by atoms with Crippen LogP contribution >= 0.6 is 11.8 Å². The van der Waals surface area contributed by atoms with E-state index in [2.05, 4.69) is 10.6 Å². The molecular formula is C9H17N3O4S. The molecule has 0 heterocycles. The first-order chi connectivity index (χ1) is 7.97. The van der Waals surface area contributed by atoms with Crippen molar-refractivity contribution in [1.82, 2.24) is 10.6 Å². The predicted octanol–water partition coefficient (Wildman–Crippen LogP) is -0.633. The van der Waals surface area contributed by atoms with Crippen molar-refractivity contribution in [3.8, 4) is 0 Å². The van der Waals surface area contributed by atoms with Crippen molar-refractivity contribution in [3.05, 3.63) is 0 Å². The Morgan fingerprint density at radius 3 is 2.53 bits per heavy atom. The maximum absolute atomic E-state index is 11.6. The lowest BCUT2D eigenvalue weighted by molar-refractivity contribution is -0.137. The lowest BCUT2D eigenvalue weighted by atomic mass is 10.2. The van der Waals surface area contributed by atoms with Crippen molar-refractivity contribution in [1.29, 1.82) is 0 Å². The van der Waals surface area contributed by atoms with E-state index in [-0.39, 0.29) is 13.0 Å². The number of carbonyl (C=O) groups is 3. The predicted molar refractivity (Wildman–Crippen MR) is 64.8 cm³/mol. The van der Waals surface area contributed by atoms with Crippen LogP contribution in [0.4, 0.5) is 4.79 Å². The van der Waals surface area contributed by atoms with E-state index in [1.54, 1.807) is 0 Å². The number of hydrogen-bond acceptors (Lipinski definition) is 4. The average molecular weight is 263 g/mol. The van der Waals surface area contributed by atoms with Crippen molar-refractivity contribution in [2.24, 2.45) is 5.73 Å². The first kappa shape index (κ1) is 15.6. The molecule has 0 aliphatic rings. The summed E-state index contributed by atoms with van der Waals surface area (Å²) in [4.78, 5) is 32.5. The van der Waals surface area contributed by atoms with E-state index in [1.807, 2.05) is 6.26 Å². The Kier molecular flexibility index (Phi) is 7.95. The fourth-order valence-electron chi connectivity index (χ4n) is 1.09. The average Bonchev–Trinajstić information content (AvgIpc) is 2.22. The Morgan fingerprint density at radius 2 is 2.06 bits per heavy atom. The van der Waals surface area contributed by atoms with Gasteiger partial charge in [-0.05, 0) is 18.4 Å². The minimum Gasteiger partial charge on any atom is -0.481 e. The summed E-state index contributed by atoms with van der Waals surface area (Å²) in [6, 6.07) is -1.49. The van der Waals surface area contributed by atoms with E-state index in [4.69, 9.17) is 10.8 Å². The molecule has 3 amide bonds. The van der Waals surface area contributed by atoms with Gasteiger partial charge in [-0.25, -0.2) is 4.79 Å². The number of aliphatic carboxylic acids is 1. The van der Waals surface area contributed by atoms with E-state index >= 15 is 0 Å². The fourth-order valence-corrected chi connectivity index (χ4v) is 1.56. The zero-order chi connectivity index (χ0) is 13.3. The van der Waals surface area contributed by atoms with Gasteiger partial charge in [0, 0.05) is 6.54 Å². The molecule has 0 bridgehead atoms. The minimum absolute atomic E-state index is 0.0321. The normalized spacial score (nSPS) is 11.6. The van der Waals surface area contributed by atoms with Crippen LogP contribution in [0.1, 0.15) is 12.8 Å². The van der Waals surface area contributed by atoms with Crippen LogP contribution in [0.5, 0.6) is 0 Å². The lowest BCUT2D eigenvalue weighted by Crippen LogP contribution is -2.49. The molecule has 5 N–H and O–H groups in total. The molecule has 0 radical (unpaired) electrons. The molecule has 0 spiro atoms. The second kappa shape index (κ2) is 8.68. The van der Waals surface area contributed by atoms with Crippen LogP contribution in [0.15, 0.2) is 0 Å². The third-order valence-electron chi connectivity index (χ3n) is 1.88. The van der Waals surface area contributed by atoms with Gasteiger partial charge in [-0.1, -0.05) is 0 Å². The zero-order valence-corrected chi connectivity index (χ0v) is 10.4. The maximum Gasteiger partial charge on any atom is 0.312 e. The number of nitrogens with two attached hydrogens (primary N) is 1. The molecule has 0 aliphatic heterocycles. The van der Waals surface area contributed by atoms with Crippen LogP contribution in [-0.2, 0) is 9.59 Å². The number of nitrogens with one attached hydrogen (secondary N) is 2. The van der Waals surface area contributed by atoms with Gasteiger partial charge < -0.3 is 21.5 Å². The Labute approximate surface area is 104 Å². The number of hydrogen-bond donors (Lipinski definition) is 4. The molecule has 17 heavy (non-hydrogen) atoms. The van der Waals surface area contributed by atoms with Crippen LogP contribution in [0.25, 0.3) is 0 Å². The SMILES string of the molecule is CSCCC(NC(N)=O)C(=O)NCCC(=O)O. The number of primary amides is 1. The van der Waals surface area contributed by atoms with Gasteiger partial charge >= 0.3 is 12.0 Å². The summed E-state index contributed by atoms with van der Waals surface area (Å²) in [7, 11) is 0. The van der Waals surface area contributed by atoms with Gasteiger partial charge in [0.2, 0.25) is 5.91 Å². The molecule has 8 heteroatoms. The molecule has 0 aromatic carbocycles. The molecule has 0 saturated heterocycles. The van der Waals surface area contributed by atoms with Crippen LogP contribution in [0.2, 0.25) is 0 Å². The van der Waals surface area contributed by atoms with Crippen LogP contribution in [0, 0.1) is 0 Å². The maximum atomic E-state index is 11.6. The van der Waals surface area contributed by atoms with Gasteiger partial charge in [0.25, 0.3) is 0 Å². The summed E-state index contributed by atoms with van der Waals surface area (Å²) < 4.78 is 0. The second-order valence-corrected chi connectivity index (χ2v) is 4.26. The summed E-state index contributed by atoms with van der Waals surface area (Å²) in [6.07, 6.45) is 2.17. The summed E-state index contributed by atoms with van der Waals surface area (Å²) in [6.45, 7) is 0.0321. The summed E-state index contributed by atoms with van der Waals surface area (Å²) in [5, 5.41) is 13.2. The van der Waals surface area contributed by atoms with E-state index in [0.29, 0.717) is 12.2 Å². The van der Waals surface area contributed by atoms with Gasteiger partial charge in [-0.2, -0.15) is 11.8 Å². The summed E-state index contributed by atoms with van der Waals surface area (Å²) in [5.74, 6) is -0.718. The highest BCUT2D eigenvalue weighted by molar-refractivity contribution is 7.98. The molecule has 0 rings (SSSR count). The quantitative estimate of drug-likeness (QED) is 0.464. The molecule has 7 nitrogen and oxygen atoms in total. The molecule has 98 valence electrons. The van der Waals surface area contributed by atoms with Crippen LogP contribution in [0.3, 0.4) is 0 Å². The number of carboxylic acid groups (broad SMARTS) is 1. The molecular weight excluding hydrogens is 246 g/mol. The Bertz CT molecular complexity index is 285. The van der Waals surface area contributed by atoms with Gasteiger partial charge in [0.05, 0.1) is 6.42 Å². The molecule has 1 atom stereocenters. The van der Waals surface area contributed by atoms with Gasteiger partial charge in [0.1, 0.15) is 6.04 Å². The summed E-state index contributed by atoms with van der Waals surface area (Å²) >= 11 is 1.54. The molecule has 0 fully saturated rings. The summed E-state index contributed by atoms with van der Waals surface area (Å²) in [5.41, 5.74) is 4.95. The van der Waals surface area contributed by atoms with Gasteiger partial charge in [-0.3, -0.25) is 9.59 Å². The molecule has 0 aromatic rings. The van der Waals surface area contributed by atoms with Gasteiger partial charge in [0.15, 0.2) is 0 Å². The smallest absolute Gasteiger partial charge is 0.312 e. The molecule has 0 aromatic heterocycles. The first-order valence-electron chi connectivity index (χ1n) is 5.01. The highest BCUT2D eigenvalue weighted by atomic mass is 32.2. The Hall–Kier alpha value is -1.44. The number of amides is 3. The fraction of sp³-hybridized carbons (Fsp3) is 0.667. The second-order valence-electron chi connectivity index (χ2n) is 3.28. The van der Waals surface area contributed by atoms with Gasteiger partial charge in [-0.15, -0.1) is 0 Å². The van der Waals surface area contributed by atoms with Crippen molar-refractivity contribution >= 4 is 29.7 Å². The van der Waals surface area contributed by atoms with Crippen molar-refractivity contribution in [2.45, 2.75) is 18.9 Å². The largest absolute Gasteiger partial charge is 0.481 e. The van der Waals surface area contributed by atoms with Crippen molar-refractivity contribution < 1.29 is 19.5 Å². The highest BCUT2D eigenvalue weighted by Crippen LogP contribution is 2.00. The number of thioether (sulfide) groups is 1. The number of carboxylic acids is 1. The Morgan fingerprint density at radius 1 is 1.41 bits per heavy atom. The lowest BCUT2D eigenvalue weighted by Gasteiger charge is -2.16.